The highest BCUT2D eigenvalue weighted by molar-refractivity contribution is 5.85. The highest BCUT2D eigenvalue weighted by Gasteiger charge is 2.28. The maximum absolute atomic E-state index is 12.3. The molecule has 0 radical (unpaired) electrons. The van der Waals surface area contributed by atoms with Crippen molar-refractivity contribution in [2.75, 3.05) is 32.7 Å². The predicted octanol–water partition coefficient (Wildman–Crippen LogP) is 6.01. The maximum Gasteiger partial charge on any atom is 0.407 e. The number of aromatic nitrogens is 2. The molecule has 1 amide bonds. The third-order valence-electron chi connectivity index (χ3n) is 8.10. The van der Waals surface area contributed by atoms with Crippen LogP contribution >= 0.6 is 0 Å². The summed E-state index contributed by atoms with van der Waals surface area (Å²) in [4.78, 5) is 27.3. The second kappa shape index (κ2) is 12.5. The van der Waals surface area contributed by atoms with Crippen molar-refractivity contribution in [3.63, 3.8) is 0 Å². The highest BCUT2D eigenvalue weighted by atomic mass is 16.6. The molecule has 2 fully saturated rings. The summed E-state index contributed by atoms with van der Waals surface area (Å²) in [6.45, 7) is 9.62. The average molecular weight is 559 g/mol. The number of fused-ring (bicyclic) bond motifs is 1. The largest absolute Gasteiger partial charge is 0.465 e. The molecule has 41 heavy (non-hydrogen) atoms. The second-order valence-electron chi connectivity index (χ2n) is 12.4. The lowest BCUT2D eigenvalue weighted by Gasteiger charge is -2.31. The number of allylic oxidation sites excluding steroid dienone is 1. The van der Waals surface area contributed by atoms with Crippen molar-refractivity contribution in [1.82, 2.24) is 19.6 Å². The zero-order valence-corrected chi connectivity index (χ0v) is 24.5. The van der Waals surface area contributed by atoms with E-state index >= 15 is 0 Å². The van der Waals surface area contributed by atoms with E-state index in [9.17, 15) is 14.7 Å². The first-order valence-corrected chi connectivity index (χ1v) is 14.8. The summed E-state index contributed by atoms with van der Waals surface area (Å²) in [7, 11) is 0. The fraction of sp³-hybridized carbons (Fsp3) is 0.485. The molecule has 3 aromatic rings. The van der Waals surface area contributed by atoms with Gasteiger partial charge in [0.05, 0.1) is 24.3 Å². The third kappa shape index (κ3) is 7.55. The van der Waals surface area contributed by atoms with Crippen LogP contribution in [0.2, 0.25) is 0 Å². The summed E-state index contributed by atoms with van der Waals surface area (Å²) in [5, 5.41) is 15.6. The van der Waals surface area contributed by atoms with Gasteiger partial charge in [0, 0.05) is 24.4 Å². The molecule has 2 aliphatic heterocycles. The molecule has 0 unspecified atom stereocenters. The molecule has 218 valence electrons. The Morgan fingerprint density at radius 2 is 1.71 bits per heavy atom. The monoisotopic (exact) mass is 558 g/mol. The van der Waals surface area contributed by atoms with Gasteiger partial charge in [0.2, 0.25) is 0 Å². The summed E-state index contributed by atoms with van der Waals surface area (Å²) < 4.78 is 7.66. The number of piperidine rings is 2. The Morgan fingerprint density at radius 1 is 1.00 bits per heavy atom. The molecule has 1 aromatic heterocycles. The zero-order chi connectivity index (χ0) is 29.0. The number of esters is 1. The van der Waals surface area contributed by atoms with Crippen LogP contribution in [0.1, 0.15) is 69.2 Å². The standard InChI is InChI=1S/C33H42N4O4/c1-33(2,3)41-30(38)23-35-17-15-27(16-18-35)31-28-12-11-25(10-9-24-13-19-36(20-14-24)32(39)40)21-29(28)37(34-31)22-26-7-5-4-6-8-26/h4-12,21,24,27H,13-20,22-23H2,1-3H3,(H,39,40)/b10-9+. The molecular formula is C33H42N4O4. The molecule has 2 saturated heterocycles. The van der Waals surface area contributed by atoms with Gasteiger partial charge in [-0.2, -0.15) is 5.10 Å². The Kier molecular flexibility index (Phi) is 8.78. The molecular weight excluding hydrogens is 516 g/mol. The molecule has 1 N–H and O–H groups in total. The van der Waals surface area contributed by atoms with E-state index in [1.165, 1.54) is 15.8 Å². The Labute approximate surface area is 242 Å². The lowest BCUT2D eigenvalue weighted by molar-refractivity contribution is -0.156. The van der Waals surface area contributed by atoms with Gasteiger partial charge in [0.15, 0.2) is 0 Å². The summed E-state index contributed by atoms with van der Waals surface area (Å²) in [6.07, 6.45) is 7.21. The van der Waals surface area contributed by atoms with Gasteiger partial charge in [-0.25, -0.2) is 4.79 Å². The van der Waals surface area contributed by atoms with Gasteiger partial charge in [-0.1, -0.05) is 54.6 Å². The van der Waals surface area contributed by atoms with E-state index in [2.05, 4.69) is 64.2 Å². The minimum Gasteiger partial charge on any atom is -0.465 e. The molecule has 8 heteroatoms. The number of carboxylic acid groups (broad SMARTS) is 1. The summed E-state index contributed by atoms with van der Waals surface area (Å²) in [6, 6.07) is 17.0. The molecule has 3 heterocycles. The van der Waals surface area contributed by atoms with Crippen LogP contribution < -0.4 is 0 Å². The number of carbonyl (C=O) groups excluding carboxylic acids is 1. The molecule has 5 rings (SSSR count). The van der Waals surface area contributed by atoms with Crippen molar-refractivity contribution < 1.29 is 19.4 Å². The number of amides is 1. The third-order valence-corrected chi connectivity index (χ3v) is 8.10. The van der Waals surface area contributed by atoms with Crippen molar-refractivity contribution in [1.29, 1.82) is 0 Å². The number of hydrogen-bond donors (Lipinski definition) is 1. The molecule has 2 aliphatic rings. The van der Waals surface area contributed by atoms with Crippen LogP contribution in [0.5, 0.6) is 0 Å². The minimum absolute atomic E-state index is 0.165. The number of rotatable bonds is 7. The lowest BCUT2D eigenvalue weighted by Crippen LogP contribution is -2.39. The molecule has 0 atom stereocenters. The smallest absolute Gasteiger partial charge is 0.407 e. The van der Waals surface area contributed by atoms with Crippen LogP contribution in [0.4, 0.5) is 4.79 Å². The molecule has 8 nitrogen and oxygen atoms in total. The van der Waals surface area contributed by atoms with Crippen LogP contribution in [-0.2, 0) is 16.1 Å². The molecule has 0 bridgehead atoms. The molecule has 0 spiro atoms. The summed E-state index contributed by atoms with van der Waals surface area (Å²) in [5.41, 5.74) is 4.14. The fourth-order valence-corrected chi connectivity index (χ4v) is 5.95. The van der Waals surface area contributed by atoms with E-state index in [0.29, 0.717) is 38.0 Å². The van der Waals surface area contributed by atoms with Crippen LogP contribution in [0.25, 0.3) is 17.0 Å². The zero-order valence-electron chi connectivity index (χ0n) is 24.5. The van der Waals surface area contributed by atoms with E-state index in [-0.39, 0.29) is 5.97 Å². The van der Waals surface area contributed by atoms with Crippen LogP contribution in [0.3, 0.4) is 0 Å². The highest BCUT2D eigenvalue weighted by Crippen LogP contribution is 2.34. The Balaban J connectivity index is 1.32. The van der Waals surface area contributed by atoms with E-state index in [4.69, 9.17) is 9.84 Å². The van der Waals surface area contributed by atoms with Gasteiger partial charge in [-0.3, -0.25) is 14.4 Å². The van der Waals surface area contributed by atoms with Crippen molar-refractivity contribution in [3.05, 3.63) is 71.4 Å². The number of carbonyl (C=O) groups is 2. The van der Waals surface area contributed by atoms with Gasteiger partial charge < -0.3 is 14.7 Å². The number of nitrogens with zero attached hydrogens (tertiary/aromatic N) is 4. The SMILES string of the molecule is CC(C)(C)OC(=O)CN1CCC(c2nn(Cc3ccccc3)c3cc(/C=C/C4CCN(C(=O)O)CC4)ccc23)CC1. The maximum atomic E-state index is 12.3. The van der Waals surface area contributed by atoms with Crippen molar-refractivity contribution in [3.8, 4) is 0 Å². The van der Waals surface area contributed by atoms with E-state index < -0.39 is 11.7 Å². The Morgan fingerprint density at radius 3 is 2.37 bits per heavy atom. The first-order chi connectivity index (χ1) is 19.6. The van der Waals surface area contributed by atoms with E-state index in [1.54, 1.807) is 0 Å². The molecule has 0 saturated carbocycles. The minimum atomic E-state index is -0.825. The van der Waals surface area contributed by atoms with Crippen molar-refractivity contribution >= 4 is 29.0 Å². The number of ether oxygens (including phenoxy) is 1. The fourth-order valence-electron chi connectivity index (χ4n) is 5.95. The topological polar surface area (TPSA) is 87.9 Å². The van der Waals surface area contributed by atoms with Gasteiger partial charge in [-0.15, -0.1) is 0 Å². The normalized spacial score (nSPS) is 17.9. The van der Waals surface area contributed by atoms with E-state index in [0.717, 1.165) is 55.5 Å². The van der Waals surface area contributed by atoms with Gasteiger partial charge in [-0.05, 0) is 82.7 Å². The number of likely N-dealkylation sites (tertiary alicyclic amines) is 2. The summed E-state index contributed by atoms with van der Waals surface area (Å²) in [5.74, 6) is 0.559. The number of benzene rings is 2. The Bertz CT molecular complexity index is 1380. The second-order valence-corrected chi connectivity index (χ2v) is 12.4. The quantitative estimate of drug-likeness (QED) is 0.358. The van der Waals surface area contributed by atoms with Crippen LogP contribution in [0.15, 0.2) is 54.6 Å². The van der Waals surface area contributed by atoms with Crippen LogP contribution in [-0.4, -0.2) is 75.1 Å². The van der Waals surface area contributed by atoms with E-state index in [1.807, 2.05) is 26.8 Å². The molecule has 2 aromatic carbocycles. The first kappa shape index (κ1) is 28.9. The average Bonchev–Trinajstić information content (AvgIpc) is 3.29. The molecule has 0 aliphatic carbocycles. The van der Waals surface area contributed by atoms with Gasteiger partial charge >= 0.3 is 12.1 Å². The van der Waals surface area contributed by atoms with Gasteiger partial charge in [0.25, 0.3) is 0 Å². The van der Waals surface area contributed by atoms with Gasteiger partial charge in [0.1, 0.15) is 5.60 Å². The van der Waals surface area contributed by atoms with Crippen molar-refractivity contribution in [2.24, 2.45) is 5.92 Å². The predicted molar refractivity (Wildman–Crippen MR) is 161 cm³/mol. The number of hydrogen-bond acceptors (Lipinski definition) is 5. The summed E-state index contributed by atoms with van der Waals surface area (Å²) >= 11 is 0. The van der Waals surface area contributed by atoms with Crippen LogP contribution in [0, 0.1) is 5.92 Å². The van der Waals surface area contributed by atoms with Crippen molar-refractivity contribution in [2.45, 2.75) is 64.5 Å². The lowest BCUT2D eigenvalue weighted by atomic mass is 9.91. The first-order valence-electron chi connectivity index (χ1n) is 14.8. The Hall–Kier alpha value is -3.65.